The Morgan fingerprint density at radius 3 is 1.11 bits per heavy atom. The van der Waals surface area contributed by atoms with Gasteiger partial charge in [0.05, 0.1) is 0 Å². The average molecular weight is 383 g/mol. The molecule has 0 aliphatic carbocycles. The zero-order chi connectivity index (χ0) is 18.7. The Morgan fingerprint density at radius 1 is 0.481 bits per heavy atom. The summed E-state index contributed by atoms with van der Waals surface area (Å²) in [5.41, 5.74) is 3.25. The summed E-state index contributed by atoms with van der Waals surface area (Å²) in [6.07, 6.45) is 25.3. The van der Waals surface area contributed by atoms with Crippen molar-refractivity contribution in [3.05, 3.63) is 35.4 Å². The summed E-state index contributed by atoms with van der Waals surface area (Å²) in [6, 6.07) is 9.22. The molecule has 0 radical (unpaired) electrons. The Kier molecular flexibility index (Phi) is 21.1. The van der Waals surface area contributed by atoms with Crippen molar-refractivity contribution >= 4 is 0 Å². The van der Waals surface area contributed by atoms with E-state index in [-0.39, 0.29) is 31.0 Å². The van der Waals surface area contributed by atoms with Gasteiger partial charge in [0.15, 0.2) is 0 Å². The molecule has 27 heavy (non-hydrogen) atoms. The van der Waals surface area contributed by atoms with Crippen LogP contribution in [-0.2, 0) is 12.8 Å². The zero-order valence-corrected chi connectivity index (χ0v) is 21.0. The number of unbranched alkanes of at least 4 members (excludes halogenated alkanes) is 14. The maximum absolute atomic E-state index is 2.38. The Balaban J connectivity index is 0. The molecule has 0 fully saturated rings. The van der Waals surface area contributed by atoms with Gasteiger partial charge in [-0.05, 0) is 36.8 Å². The molecule has 0 amide bonds. The first-order valence-corrected chi connectivity index (χ1v) is 11.9. The summed E-state index contributed by atoms with van der Waals surface area (Å²) in [5, 5.41) is 0. The van der Waals surface area contributed by atoms with Crippen LogP contribution in [0.2, 0.25) is 0 Å². The van der Waals surface area contributed by atoms with Crippen molar-refractivity contribution in [2.75, 3.05) is 0 Å². The molecule has 0 aliphatic heterocycles. The monoisotopic (exact) mass is 382 g/mol. The van der Waals surface area contributed by atoms with E-state index in [0.717, 1.165) is 0 Å². The largest absolute Gasteiger partial charge is 1.00 e. The van der Waals surface area contributed by atoms with Crippen molar-refractivity contribution in [2.45, 2.75) is 129 Å². The van der Waals surface area contributed by atoms with Gasteiger partial charge in [-0.15, -0.1) is 0 Å². The predicted octanol–water partition coefficient (Wildman–Crippen LogP) is 6.17. The summed E-state index contributed by atoms with van der Waals surface area (Å²) in [7, 11) is 0. The van der Waals surface area contributed by atoms with Crippen LogP contribution in [0.1, 0.15) is 129 Å². The fourth-order valence-corrected chi connectivity index (χ4v) is 3.94. The maximum atomic E-state index is 2.38. The summed E-state index contributed by atoms with van der Waals surface area (Å²) < 4.78 is 0. The minimum absolute atomic E-state index is 0. The quantitative estimate of drug-likeness (QED) is 0.210. The maximum Gasteiger partial charge on any atom is 1.00 e. The summed E-state index contributed by atoms with van der Waals surface area (Å²) in [4.78, 5) is 0. The van der Waals surface area contributed by atoms with Crippen LogP contribution >= 0.6 is 0 Å². The van der Waals surface area contributed by atoms with Crippen LogP contribution in [0.25, 0.3) is 0 Å². The fourth-order valence-electron chi connectivity index (χ4n) is 3.94. The van der Waals surface area contributed by atoms with Crippen molar-refractivity contribution in [3.63, 3.8) is 0 Å². The van der Waals surface area contributed by atoms with Crippen molar-refractivity contribution in [1.29, 1.82) is 0 Å². The minimum Gasteiger partial charge on any atom is -1.00 e. The smallest absolute Gasteiger partial charge is 1.00 e. The van der Waals surface area contributed by atoms with Crippen LogP contribution in [0, 0.1) is 0 Å². The van der Waals surface area contributed by atoms with E-state index < -0.39 is 0 Å². The average Bonchev–Trinajstić information content (AvgIpc) is 2.67. The number of rotatable bonds is 18. The normalized spacial score (nSPS) is 10.7. The molecule has 0 unspecified atom stereocenters. The second kappa shape index (κ2) is 20.9. The van der Waals surface area contributed by atoms with Crippen LogP contribution in [-0.4, -0.2) is 0 Å². The number of aryl methyl sites for hydroxylation is 2. The number of hydrogen-bond acceptors (Lipinski definition) is 0. The van der Waals surface area contributed by atoms with E-state index >= 15 is 0 Å². The molecular formula is C26H47Na. The Bertz CT molecular complexity index is 380. The molecule has 1 aromatic carbocycles. The van der Waals surface area contributed by atoms with Crippen LogP contribution in [0.4, 0.5) is 0 Å². The van der Waals surface area contributed by atoms with Gasteiger partial charge in [0.25, 0.3) is 0 Å². The molecule has 0 saturated heterocycles. The third-order valence-corrected chi connectivity index (χ3v) is 5.72. The SMILES string of the molecule is CCCCCCCCCCc1ccccc1CCCCCCCCCC.[H-].[Na+]. The van der Waals surface area contributed by atoms with E-state index in [1.165, 1.54) is 116 Å². The first-order chi connectivity index (χ1) is 12.9. The van der Waals surface area contributed by atoms with Crippen molar-refractivity contribution < 1.29 is 31.0 Å². The summed E-state index contributed by atoms with van der Waals surface area (Å²) in [5.74, 6) is 0. The van der Waals surface area contributed by atoms with Crippen molar-refractivity contribution in [3.8, 4) is 0 Å². The van der Waals surface area contributed by atoms with Crippen LogP contribution in [0.3, 0.4) is 0 Å². The van der Waals surface area contributed by atoms with E-state index in [2.05, 4.69) is 38.1 Å². The molecule has 1 rings (SSSR count). The molecule has 1 aromatic rings. The van der Waals surface area contributed by atoms with Crippen LogP contribution < -0.4 is 29.6 Å². The van der Waals surface area contributed by atoms with Crippen LogP contribution in [0.15, 0.2) is 24.3 Å². The molecule has 0 heterocycles. The van der Waals surface area contributed by atoms with Gasteiger partial charge < -0.3 is 1.43 Å². The zero-order valence-electron chi connectivity index (χ0n) is 20.0. The first kappa shape index (κ1) is 27.2. The topological polar surface area (TPSA) is 0 Å². The molecule has 0 saturated carbocycles. The predicted molar refractivity (Wildman–Crippen MR) is 120 cm³/mol. The second-order valence-corrected chi connectivity index (χ2v) is 8.22. The van der Waals surface area contributed by atoms with E-state index in [1.54, 1.807) is 11.1 Å². The molecule has 0 bridgehead atoms. The molecule has 1 heteroatoms. The second-order valence-electron chi connectivity index (χ2n) is 8.22. The van der Waals surface area contributed by atoms with Gasteiger partial charge in [0.2, 0.25) is 0 Å². The summed E-state index contributed by atoms with van der Waals surface area (Å²) in [6.45, 7) is 4.59. The van der Waals surface area contributed by atoms with Gasteiger partial charge in [-0.3, -0.25) is 0 Å². The molecule has 0 nitrogen and oxygen atoms in total. The van der Waals surface area contributed by atoms with Gasteiger partial charge in [0.1, 0.15) is 0 Å². The third-order valence-electron chi connectivity index (χ3n) is 5.72. The standard InChI is InChI=1S/C26H46.Na.H/c1-3-5-7-9-11-13-15-17-21-25-23-19-20-24-26(25)22-18-16-14-12-10-8-6-4-2;;/h19-20,23-24H,3-18,21-22H2,1-2H3;;/q;+1;-1. The number of hydrogen-bond donors (Lipinski definition) is 0. The van der Waals surface area contributed by atoms with E-state index in [4.69, 9.17) is 0 Å². The van der Waals surface area contributed by atoms with E-state index in [9.17, 15) is 0 Å². The summed E-state index contributed by atoms with van der Waals surface area (Å²) >= 11 is 0. The molecular weight excluding hydrogens is 335 g/mol. The van der Waals surface area contributed by atoms with Gasteiger partial charge in [-0.25, -0.2) is 0 Å². The third kappa shape index (κ3) is 15.8. The minimum atomic E-state index is 0. The molecule has 0 N–H and O–H groups in total. The van der Waals surface area contributed by atoms with E-state index in [0.29, 0.717) is 0 Å². The van der Waals surface area contributed by atoms with E-state index in [1.807, 2.05) is 0 Å². The molecule has 0 atom stereocenters. The van der Waals surface area contributed by atoms with Gasteiger partial charge in [-0.1, -0.05) is 128 Å². The molecule has 0 aliphatic rings. The first-order valence-electron chi connectivity index (χ1n) is 11.9. The van der Waals surface area contributed by atoms with Gasteiger partial charge in [-0.2, -0.15) is 0 Å². The Labute approximate surface area is 195 Å². The van der Waals surface area contributed by atoms with Crippen molar-refractivity contribution in [2.24, 2.45) is 0 Å². The number of benzene rings is 1. The van der Waals surface area contributed by atoms with Crippen LogP contribution in [0.5, 0.6) is 0 Å². The Morgan fingerprint density at radius 2 is 0.778 bits per heavy atom. The molecule has 152 valence electrons. The fraction of sp³-hybridized carbons (Fsp3) is 0.769. The van der Waals surface area contributed by atoms with Crippen molar-refractivity contribution in [1.82, 2.24) is 0 Å². The Hall–Kier alpha value is 0.220. The van der Waals surface area contributed by atoms with Gasteiger partial charge >= 0.3 is 29.6 Å². The molecule has 0 aromatic heterocycles. The van der Waals surface area contributed by atoms with Gasteiger partial charge in [0, 0.05) is 0 Å². The molecule has 0 spiro atoms.